The van der Waals surface area contributed by atoms with Crippen LogP contribution in [0.1, 0.15) is 25.2 Å². The van der Waals surface area contributed by atoms with Crippen LogP contribution in [0.25, 0.3) is 0 Å². The highest BCUT2D eigenvalue weighted by Gasteiger charge is 2.07. The molecule has 94 valence electrons. The highest BCUT2D eigenvalue weighted by molar-refractivity contribution is 7.99. The van der Waals surface area contributed by atoms with Gasteiger partial charge in [0.25, 0.3) is 0 Å². The fraction of sp³-hybridized carbons (Fsp3) is 0.545. The first-order valence-corrected chi connectivity index (χ1v) is 7.09. The highest BCUT2D eigenvalue weighted by atomic mass is 32.2. The van der Waals surface area contributed by atoms with E-state index in [1.54, 1.807) is 6.07 Å². The van der Waals surface area contributed by atoms with Crippen LogP contribution in [0.15, 0.2) is 6.07 Å². The normalized spacial score (nSPS) is 12.2. The van der Waals surface area contributed by atoms with Gasteiger partial charge >= 0.3 is 0 Å². The van der Waals surface area contributed by atoms with E-state index in [1.165, 1.54) is 0 Å². The summed E-state index contributed by atoms with van der Waals surface area (Å²) in [6.07, 6.45) is 0. The molecule has 0 radical (unpaired) electrons. The van der Waals surface area contributed by atoms with Gasteiger partial charge in [-0.1, -0.05) is 19.1 Å². The largest absolute Gasteiger partial charge is 0.388 e. The molecule has 0 fully saturated rings. The minimum atomic E-state index is 0.300. The molecular weight excluding hydrogens is 252 g/mol. The van der Waals surface area contributed by atoms with Crippen LogP contribution < -0.4 is 11.1 Å². The van der Waals surface area contributed by atoms with Crippen molar-refractivity contribution in [3.05, 3.63) is 17.5 Å². The minimum absolute atomic E-state index is 0.300. The Balaban J connectivity index is 2.73. The van der Waals surface area contributed by atoms with Crippen molar-refractivity contribution in [3.8, 4) is 0 Å². The molecule has 0 aromatic carbocycles. The van der Waals surface area contributed by atoms with E-state index in [0.717, 1.165) is 17.2 Å². The van der Waals surface area contributed by atoms with E-state index in [-0.39, 0.29) is 0 Å². The average molecular weight is 270 g/mol. The van der Waals surface area contributed by atoms with Crippen molar-refractivity contribution < 1.29 is 0 Å². The zero-order valence-corrected chi connectivity index (χ0v) is 12.0. The lowest BCUT2D eigenvalue weighted by Crippen LogP contribution is -2.21. The van der Waals surface area contributed by atoms with Crippen molar-refractivity contribution in [3.63, 3.8) is 0 Å². The summed E-state index contributed by atoms with van der Waals surface area (Å²) in [6, 6.07) is 2.11. The zero-order valence-electron chi connectivity index (χ0n) is 10.4. The van der Waals surface area contributed by atoms with E-state index in [0.29, 0.717) is 22.7 Å². The number of hydrogen-bond acceptors (Lipinski definition) is 5. The van der Waals surface area contributed by atoms with Crippen molar-refractivity contribution >= 4 is 34.9 Å². The monoisotopic (exact) mass is 270 g/mol. The number of nitrogens with two attached hydrogens (primary N) is 1. The molecule has 6 heteroatoms. The van der Waals surface area contributed by atoms with Gasteiger partial charge in [0.2, 0.25) is 5.95 Å². The Labute approximate surface area is 112 Å². The molecule has 1 heterocycles. The maximum Gasteiger partial charge on any atom is 0.223 e. The van der Waals surface area contributed by atoms with E-state index in [2.05, 4.69) is 29.1 Å². The number of thioether (sulfide) groups is 1. The Kier molecular flexibility index (Phi) is 5.64. The smallest absolute Gasteiger partial charge is 0.223 e. The molecule has 0 bridgehead atoms. The molecule has 0 amide bonds. The summed E-state index contributed by atoms with van der Waals surface area (Å²) in [6.45, 7) is 6.15. The fourth-order valence-corrected chi connectivity index (χ4v) is 2.09. The number of rotatable bonds is 6. The van der Waals surface area contributed by atoms with E-state index < -0.39 is 0 Å². The van der Waals surface area contributed by atoms with Gasteiger partial charge in [-0.25, -0.2) is 9.97 Å². The minimum Gasteiger partial charge on any atom is -0.388 e. The van der Waals surface area contributed by atoms with Crippen LogP contribution in [0.4, 0.5) is 5.95 Å². The second-order valence-corrected chi connectivity index (χ2v) is 5.55. The van der Waals surface area contributed by atoms with Crippen LogP contribution in [0.5, 0.6) is 0 Å². The maximum absolute atomic E-state index is 5.57. The van der Waals surface area contributed by atoms with Crippen molar-refractivity contribution in [2.75, 3.05) is 16.8 Å². The predicted octanol–water partition coefficient (Wildman–Crippen LogP) is 1.97. The molecule has 1 rings (SSSR count). The molecule has 1 atom stereocenters. The van der Waals surface area contributed by atoms with Gasteiger partial charge in [0, 0.05) is 17.5 Å². The van der Waals surface area contributed by atoms with E-state index >= 15 is 0 Å². The molecule has 0 saturated heterocycles. The summed E-state index contributed by atoms with van der Waals surface area (Å²) in [5.74, 6) is 2.73. The van der Waals surface area contributed by atoms with Gasteiger partial charge in [0.15, 0.2) is 0 Å². The summed E-state index contributed by atoms with van der Waals surface area (Å²) in [4.78, 5) is 8.90. The number of anilines is 1. The number of hydrogen-bond donors (Lipinski definition) is 2. The number of nitrogens with one attached hydrogen (secondary N) is 1. The molecule has 0 aliphatic rings. The van der Waals surface area contributed by atoms with Gasteiger partial charge in [0.1, 0.15) is 10.7 Å². The zero-order chi connectivity index (χ0) is 12.8. The Hall–Kier alpha value is -0.880. The predicted molar refractivity (Wildman–Crippen MR) is 78.7 cm³/mol. The van der Waals surface area contributed by atoms with Gasteiger partial charge in [-0.3, -0.25) is 0 Å². The van der Waals surface area contributed by atoms with E-state index in [4.69, 9.17) is 18.0 Å². The molecule has 0 spiro atoms. The third-order valence-corrected chi connectivity index (χ3v) is 3.41. The molecule has 0 aliphatic carbocycles. The first-order chi connectivity index (χ1) is 8.02. The maximum atomic E-state index is 5.57. The molecular formula is C11H18N4S2. The van der Waals surface area contributed by atoms with E-state index in [9.17, 15) is 0 Å². The van der Waals surface area contributed by atoms with Crippen LogP contribution in [0.2, 0.25) is 0 Å². The molecule has 1 unspecified atom stereocenters. The lowest BCUT2D eigenvalue weighted by atomic mass is 10.3. The second-order valence-electron chi connectivity index (χ2n) is 3.79. The third-order valence-electron chi connectivity index (χ3n) is 2.05. The van der Waals surface area contributed by atoms with Gasteiger partial charge in [-0.15, -0.1) is 0 Å². The van der Waals surface area contributed by atoms with Crippen LogP contribution in [-0.2, 0) is 0 Å². The van der Waals surface area contributed by atoms with Gasteiger partial charge < -0.3 is 11.1 Å². The number of thiocarbonyl (C=S) groups is 1. The van der Waals surface area contributed by atoms with Gasteiger partial charge in [-0.05, 0) is 25.7 Å². The van der Waals surface area contributed by atoms with E-state index in [1.807, 2.05) is 18.7 Å². The fourth-order valence-electron chi connectivity index (χ4n) is 1.32. The Morgan fingerprint density at radius 3 is 2.88 bits per heavy atom. The van der Waals surface area contributed by atoms with Crippen LogP contribution in [-0.4, -0.2) is 32.5 Å². The molecule has 0 aliphatic heterocycles. The Bertz CT molecular complexity index is 395. The van der Waals surface area contributed by atoms with Crippen LogP contribution in [0, 0.1) is 6.92 Å². The molecule has 17 heavy (non-hydrogen) atoms. The Morgan fingerprint density at radius 2 is 2.29 bits per heavy atom. The number of aryl methyl sites for hydroxylation is 1. The summed E-state index contributed by atoms with van der Waals surface area (Å²) in [7, 11) is 0. The van der Waals surface area contributed by atoms with Crippen molar-refractivity contribution in [1.29, 1.82) is 0 Å². The van der Waals surface area contributed by atoms with Gasteiger partial charge in [0.05, 0.1) is 0 Å². The summed E-state index contributed by atoms with van der Waals surface area (Å²) >= 11 is 6.80. The lowest BCUT2D eigenvalue weighted by Gasteiger charge is -2.13. The number of nitrogens with zero attached hydrogens (tertiary/aromatic N) is 2. The highest BCUT2D eigenvalue weighted by Crippen LogP contribution is 2.09. The van der Waals surface area contributed by atoms with Gasteiger partial charge in [-0.2, -0.15) is 11.8 Å². The first kappa shape index (κ1) is 14.2. The molecule has 3 N–H and O–H groups in total. The van der Waals surface area contributed by atoms with Crippen LogP contribution >= 0.6 is 24.0 Å². The molecule has 4 nitrogen and oxygen atoms in total. The first-order valence-electron chi connectivity index (χ1n) is 5.52. The molecule has 0 saturated carbocycles. The van der Waals surface area contributed by atoms with Crippen molar-refractivity contribution in [1.82, 2.24) is 9.97 Å². The molecule has 1 aromatic heterocycles. The SMILES string of the molecule is CCSCC(C)Nc1nc(C)cc(C(N)=S)n1. The molecule has 1 aromatic rings. The standard InChI is InChI=1S/C11H18N4S2/c1-4-17-6-8(3)14-11-13-7(2)5-9(15-11)10(12)16/h5,8H,4,6H2,1-3H3,(H2,12,16)(H,13,14,15). The van der Waals surface area contributed by atoms with Crippen molar-refractivity contribution in [2.24, 2.45) is 5.73 Å². The number of aromatic nitrogens is 2. The lowest BCUT2D eigenvalue weighted by molar-refractivity contribution is 0.880. The third kappa shape index (κ3) is 4.87. The average Bonchev–Trinajstić information content (AvgIpc) is 2.25. The summed E-state index contributed by atoms with van der Waals surface area (Å²) in [5.41, 5.74) is 7.05. The Morgan fingerprint density at radius 1 is 1.59 bits per heavy atom. The second kappa shape index (κ2) is 6.76. The topological polar surface area (TPSA) is 63.8 Å². The summed E-state index contributed by atoms with van der Waals surface area (Å²) in [5, 5.41) is 3.25. The quantitative estimate of drug-likeness (QED) is 0.771. The van der Waals surface area contributed by atoms with Crippen LogP contribution in [0.3, 0.4) is 0 Å². The summed E-state index contributed by atoms with van der Waals surface area (Å²) < 4.78 is 0. The van der Waals surface area contributed by atoms with Crippen molar-refractivity contribution in [2.45, 2.75) is 26.8 Å².